The van der Waals surface area contributed by atoms with Gasteiger partial charge < -0.3 is 4.90 Å². The molecule has 0 saturated carbocycles. The second-order valence-corrected chi connectivity index (χ2v) is 4.52. The molecule has 0 aliphatic carbocycles. The van der Waals surface area contributed by atoms with Crippen molar-refractivity contribution in [1.82, 2.24) is 14.7 Å². The van der Waals surface area contributed by atoms with Gasteiger partial charge in [0.05, 0.1) is 11.2 Å². The average molecular weight is 226 g/mol. The highest BCUT2D eigenvalue weighted by molar-refractivity contribution is 6.30. The zero-order valence-electron chi connectivity index (χ0n) is 8.77. The van der Waals surface area contributed by atoms with Crippen molar-refractivity contribution in [3.05, 3.63) is 30.1 Å². The first-order chi connectivity index (χ1) is 7.28. The Labute approximate surface area is 95.3 Å². The summed E-state index contributed by atoms with van der Waals surface area (Å²) in [7, 11) is 0. The Balaban J connectivity index is 1.69. The van der Waals surface area contributed by atoms with Gasteiger partial charge in [-0.1, -0.05) is 17.7 Å². The molecule has 2 rings (SSSR count). The van der Waals surface area contributed by atoms with Gasteiger partial charge in [-0.25, -0.2) is 0 Å². The van der Waals surface area contributed by atoms with Crippen molar-refractivity contribution < 1.29 is 0 Å². The van der Waals surface area contributed by atoms with Crippen LogP contribution in [-0.4, -0.2) is 34.3 Å². The summed E-state index contributed by atoms with van der Waals surface area (Å²) >= 11 is 5.80. The van der Waals surface area contributed by atoms with Crippen LogP contribution in [0, 0.1) is 5.92 Å². The van der Waals surface area contributed by atoms with Gasteiger partial charge in [-0.2, -0.15) is 5.10 Å². The van der Waals surface area contributed by atoms with Crippen molar-refractivity contribution in [2.24, 2.45) is 5.92 Å². The van der Waals surface area contributed by atoms with Crippen LogP contribution in [0.25, 0.3) is 0 Å². The number of hydrogen-bond acceptors (Lipinski definition) is 2. The minimum Gasteiger partial charge on any atom is -0.302 e. The molecule has 0 aromatic carbocycles. The van der Waals surface area contributed by atoms with E-state index in [2.05, 4.69) is 16.6 Å². The topological polar surface area (TPSA) is 21.1 Å². The highest BCUT2D eigenvalue weighted by Crippen LogP contribution is 2.18. The Morgan fingerprint density at radius 3 is 3.00 bits per heavy atom. The molecule has 0 spiro atoms. The summed E-state index contributed by atoms with van der Waals surface area (Å²) in [5, 5.41) is 4.90. The molecule has 0 amide bonds. The molecule has 3 nitrogen and oxygen atoms in total. The van der Waals surface area contributed by atoms with Gasteiger partial charge in [0, 0.05) is 38.3 Å². The second-order valence-electron chi connectivity index (χ2n) is 4.08. The van der Waals surface area contributed by atoms with Crippen molar-refractivity contribution in [3.63, 3.8) is 0 Å². The molecular formula is C11H16ClN3. The number of likely N-dealkylation sites (tertiary alicyclic amines) is 1. The maximum absolute atomic E-state index is 5.80. The number of halogens is 1. The average Bonchev–Trinajstić information content (AvgIpc) is 2.55. The Morgan fingerprint density at radius 1 is 1.60 bits per heavy atom. The van der Waals surface area contributed by atoms with Crippen molar-refractivity contribution >= 4 is 11.6 Å². The van der Waals surface area contributed by atoms with E-state index >= 15 is 0 Å². The lowest BCUT2D eigenvalue weighted by atomic mass is 10.0. The van der Waals surface area contributed by atoms with Gasteiger partial charge in [0.2, 0.25) is 0 Å². The van der Waals surface area contributed by atoms with E-state index < -0.39 is 0 Å². The fourth-order valence-electron chi connectivity index (χ4n) is 1.95. The third-order valence-corrected chi connectivity index (χ3v) is 2.92. The minimum absolute atomic E-state index is 0.720. The molecule has 15 heavy (non-hydrogen) atoms. The van der Waals surface area contributed by atoms with Crippen LogP contribution in [0.4, 0.5) is 0 Å². The smallest absolute Gasteiger partial charge is 0.0785 e. The van der Waals surface area contributed by atoms with Crippen LogP contribution in [0.15, 0.2) is 25.0 Å². The van der Waals surface area contributed by atoms with Gasteiger partial charge in [0.25, 0.3) is 0 Å². The standard InChI is InChI=1S/C11H16ClN3/c1-2-3-4-14-6-10(7-14)8-15-9-11(12)5-13-15/h2,5,9-10H,1,3-4,6-8H2. The zero-order chi connectivity index (χ0) is 10.7. The van der Waals surface area contributed by atoms with Gasteiger partial charge >= 0.3 is 0 Å². The van der Waals surface area contributed by atoms with Crippen LogP contribution < -0.4 is 0 Å². The SMILES string of the molecule is C=CCCN1CC(Cn2cc(Cl)cn2)C1. The molecule has 4 heteroatoms. The summed E-state index contributed by atoms with van der Waals surface area (Å²) in [5.41, 5.74) is 0. The lowest BCUT2D eigenvalue weighted by molar-refractivity contribution is 0.0875. The molecule has 1 saturated heterocycles. The first kappa shape index (κ1) is 10.7. The quantitative estimate of drug-likeness (QED) is 0.716. The molecule has 0 atom stereocenters. The van der Waals surface area contributed by atoms with Crippen LogP contribution in [-0.2, 0) is 6.54 Å². The van der Waals surface area contributed by atoms with Gasteiger partial charge in [-0.05, 0) is 6.42 Å². The summed E-state index contributed by atoms with van der Waals surface area (Å²) in [4.78, 5) is 2.44. The lowest BCUT2D eigenvalue weighted by Crippen LogP contribution is -2.48. The first-order valence-corrected chi connectivity index (χ1v) is 5.67. The maximum Gasteiger partial charge on any atom is 0.0785 e. The third kappa shape index (κ3) is 2.83. The first-order valence-electron chi connectivity index (χ1n) is 5.29. The largest absolute Gasteiger partial charge is 0.302 e. The Hall–Kier alpha value is -0.800. The van der Waals surface area contributed by atoms with Crippen LogP contribution in [0.3, 0.4) is 0 Å². The van der Waals surface area contributed by atoms with E-state index in [1.807, 2.05) is 17.0 Å². The molecule has 1 aliphatic rings. The van der Waals surface area contributed by atoms with E-state index in [-0.39, 0.29) is 0 Å². The number of aromatic nitrogens is 2. The summed E-state index contributed by atoms with van der Waals surface area (Å²) in [5.74, 6) is 0.728. The monoisotopic (exact) mass is 225 g/mol. The fourth-order valence-corrected chi connectivity index (χ4v) is 2.11. The van der Waals surface area contributed by atoms with Gasteiger partial charge in [0.1, 0.15) is 0 Å². The van der Waals surface area contributed by atoms with E-state index in [0.29, 0.717) is 0 Å². The van der Waals surface area contributed by atoms with Gasteiger partial charge in [0.15, 0.2) is 0 Å². The lowest BCUT2D eigenvalue weighted by Gasteiger charge is -2.39. The maximum atomic E-state index is 5.80. The molecule has 1 aliphatic heterocycles. The number of rotatable bonds is 5. The van der Waals surface area contributed by atoms with Crippen molar-refractivity contribution in [2.45, 2.75) is 13.0 Å². The van der Waals surface area contributed by atoms with Gasteiger partial charge in [-0.15, -0.1) is 6.58 Å². The summed E-state index contributed by atoms with van der Waals surface area (Å²) in [6.45, 7) is 8.19. The molecule has 82 valence electrons. The summed E-state index contributed by atoms with van der Waals surface area (Å²) < 4.78 is 1.93. The van der Waals surface area contributed by atoms with E-state index in [1.54, 1.807) is 6.20 Å². The molecular weight excluding hydrogens is 210 g/mol. The molecule has 1 fully saturated rings. The fraction of sp³-hybridized carbons (Fsp3) is 0.545. The van der Waals surface area contributed by atoms with E-state index in [9.17, 15) is 0 Å². The Bertz CT molecular complexity index is 328. The molecule has 0 radical (unpaired) electrons. The van der Waals surface area contributed by atoms with Crippen LogP contribution in [0.2, 0.25) is 5.02 Å². The van der Waals surface area contributed by atoms with Crippen molar-refractivity contribution in [2.75, 3.05) is 19.6 Å². The predicted octanol–water partition coefficient (Wildman–Crippen LogP) is 2.04. The molecule has 0 bridgehead atoms. The molecule has 2 heterocycles. The highest BCUT2D eigenvalue weighted by atomic mass is 35.5. The Morgan fingerprint density at radius 2 is 2.40 bits per heavy atom. The van der Waals surface area contributed by atoms with E-state index in [4.69, 9.17) is 11.6 Å². The number of hydrogen-bond donors (Lipinski definition) is 0. The summed E-state index contributed by atoms with van der Waals surface area (Å²) in [6, 6.07) is 0. The molecule has 0 unspecified atom stereocenters. The van der Waals surface area contributed by atoms with Crippen LogP contribution in [0.5, 0.6) is 0 Å². The van der Waals surface area contributed by atoms with Gasteiger partial charge in [-0.3, -0.25) is 4.68 Å². The number of nitrogens with zero attached hydrogens (tertiary/aromatic N) is 3. The predicted molar refractivity (Wildman–Crippen MR) is 62.0 cm³/mol. The van der Waals surface area contributed by atoms with Crippen molar-refractivity contribution in [3.8, 4) is 0 Å². The molecule has 0 N–H and O–H groups in total. The van der Waals surface area contributed by atoms with Crippen molar-refractivity contribution in [1.29, 1.82) is 0 Å². The summed E-state index contributed by atoms with van der Waals surface area (Å²) in [6.07, 6.45) is 6.63. The molecule has 1 aromatic rings. The minimum atomic E-state index is 0.720. The highest BCUT2D eigenvalue weighted by Gasteiger charge is 2.26. The van der Waals surface area contributed by atoms with E-state index in [0.717, 1.165) is 30.5 Å². The zero-order valence-corrected chi connectivity index (χ0v) is 9.53. The molecule has 1 aromatic heterocycles. The van der Waals surface area contributed by atoms with Crippen LogP contribution >= 0.6 is 11.6 Å². The van der Waals surface area contributed by atoms with E-state index in [1.165, 1.54) is 13.1 Å². The third-order valence-electron chi connectivity index (χ3n) is 2.73. The Kier molecular flexibility index (Phi) is 3.44. The normalized spacial score (nSPS) is 17.7. The second kappa shape index (κ2) is 4.81. The van der Waals surface area contributed by atoms with Crippen LogP contribution in [0.1, 0.15) is 6.42 Å².